The number of phenols is 1. The van der Waals surface area contributed by atoms with Gasteiger partial charge in [-0.3, -0.25) is 0 Å². The minimum absolute atomic E-state index is 0.00658. The van der Waals surface area contributed by atoms with Gasteiger partial charge in [0.25, 0.3) is 0 Å². The lowest BCUT2D eigenvalue weighted by Gasteiger charge is -2.32. The fourth-order valence-corrected chi connectivity index (χ4v) is 4.13. The Kier molecular flexibility index (Phi) is 5.08. The zero-order chi connectivity index (χ0) is 21.5. The van der Waals surface area contributed by atoms with E-state index in [2.05, 4.69) is 0 Å². The number of ether oxygens (including phenoxy) is 2. The van der Waals surface area contributed by atoms with Crippen LogP contribution in [-0.2, 0) is 16.2 Å². The maximum atomic E-state index is 12.9. The molecule has 1 heterocycles. The first-order chi connectivity index (χ1) is 14.4. The Balaban J connectivity index is 2.09. The summed E-state index contributed by atoms with van der Waals surface area (Å²) < 4.78 is 11.8. The number of hydrogen-bond acceptors (Lipinski definition) is 5. The SMILES string of the molecule is COc1cc(N(C)C)ccc1C1(c2cc(CCl)ccc2O)OC(=O)c2ccccc21. The number of alkyl halides is 1. The van der Waals surface area contributed by atoms with E-state index >= 15 is 0 Å². The Morgan fingerprint density at radius 3 is 2.50 bits per heavy atom. The molecule has 1 atom stereocenters. The molecule has 0 fully saturated rings. The molecule has 0 saturated carbocycles. The number of cyclic esters (lactones) is 1. The van der Waals surface area contributed by atoms with Gasteiger partial charge in [-0.1, -0.05) is 24.3 Å². The highest BCUT2D eigenvalue weighted by Crippen LogP contribution is 2.52. The summed E-state index contributed by atoms with van der Waals surface area (Å²) in [6, 6.07) is 18.0. The Bertz CT molecular complexity index is 1130. The molecule has 154 valence electrons. The minimum Gasteiger partial charge on any atom is -0.507 e. The van der Waals surface area contributed by atoms with E-state index in [-0.39, 0.29) is 11.6 Å². The topological polar surface area (TPSA) is 59.0 Å². The van der Waals surface area contributed by atoms with E-state index in [1.165, 1.54) is 0 Å². The van der Waals surface area contributed by atoms with Crippen LogP contribution in [0.3, 0.4) is 0 Å². The van der Waals surface area contributed by atoms with Crippen LogP contribution in [0.25, 0.3) is 0 Å². The highest BCUT2D eigenvalue weighted by Gasteiger charge is 2.51. The van der Waals surface area contributed by atoms with E-state index in [0.29, 0.717) is 28.0 Å². The van der Waals surface area contributed by atoms with Gasteiger partial charge in [-0.25, -0.2) is 4.79 Å². The Labute approximate surface area is 180 Å². The van der Waals surface area contributed by atoms with Gasteiger partial charge in [-0.2, -0.15) is 0 Å². The maximum Gasteiger partial charge on any atom is 0.340 e. The predicted octanol–water partition coefficient (Wildman–Crippen LogP) is 4.67. The highest BCUT2D eigenvalue weighted by atomic mass is 35.5. The van der Waals surface area contributed by atoms with E-state index in [9.17, 15) is 9.90 Å². The van der Waals surface area contributed by atoms with Gasteiger partial charge >= 0.3 is 5.97 Å². The summed E-state index contributed by atoms with van der Waals surface area (Å²) in [5.74, 6) is 0.351. The fraction of sp³-hybridized carbons (Fsp3) is 0.208. The second-order valence-corrected chi connectivity index (χ2v) is 7.65. The van der Waals surface area contributed by atoms with Crippen molar-refractivity contribution in [2.75, 3.05) is 26.1 Å². The normalized spacial score (nSPS) is 17.4. The average Bonchev–Trinajstić information content (AvgIpc) is 3.07. The van der Waals surface area contributed by atoms with Crippen molar-refractivity contribution in [1.29, 1.82) is 0 Å². The molecule has 30 heavy (non-hydrogen) atoms. The molecule has 0 aliphatic carbocycles. The van der Waals surface area contributed by atoms with Crippen molar-refractivity contribution in [2.45, 2.75) is 11.5 Å². The first-order valence-corrected chi connectivity index (χ1v) is 10.0. The van der Waals surface area contributed by atoms with Crippen LogP contribution in [0.5, 0.6) is 11.5 Å². The first kappa shape index (κ1) is 20.1. The number of carbonyl (C=O) groups excluding carboxylic acids is 1. The molecule has 0 amide bonds. The van der Waals surface area contributed by atoms with Gasteiger partial charge in [0.1, 0.15) is 11.5 Å². The largest absolute Gasteiger partial charge is 0.507 e. The van der Waals surface area contributed by atoms with Crippen LogP contribution in [-0.4, -0.2) is 32.3 Å². The Morgan fingerprint density at radius 1 is 1.03 bits per heavy atom. The fourth-order valence-electron chi connectivity index (χ4n) is 3.96. The van der Waals surface area contributed by atoms with Gasteiger partial charge in [-0.15, -0.1) is 11.6 Å². The van der Waals surface area contributed by atoms with Crippen molar-refractivity contribution >= 4 is 23.3 Å². The molecule has 3 aromatic carbocycles. The zero-order valence-electron chi connectivity index (χ0n) is 17.0. The number of aromatic hydroxyl groups is 1. The van der Waals surface area contributed by atoms with Gasteiger partial charge in [-0.05, 0) is 35.9 Å². The molecule has 5 nitrogen and oxygen atoms in total. The molecule has 1 aliphatic heterocycles. The van der Waals surface area contributed by atoms with Crippen LogP contribution in [0, 0.1) is 0 Å². The summed E-state index contributed by atoms with van der Waals surface area (Å²) in [7, 11) is 5.44. The summed E-state index contributed by atoms with van der Waals surface area (Å²) >= 11 is 6.07. The smallest absolute Gasteiger partial charge is 0.340 e. The van der Waals surface area contributed by atoms with Gasteiger partial charge in [0.15, 0.2) is 5.60 Å². The standard InChI is InChI=1S/C24H22ClNO4/c1-26(2)16-9-10-19(22(13-16)29-3)24(20-12-15(14-25)8-11-21(20)27)18-7-5-4-6-17(18)23(28)30-24/h4-13,27H,14H2,1-3H3. The lowest BCUT2D eigenvalue weighted by molar-refractivity contribution is 0.0239. The number of benzene rings is 3. The number of fused-ring (bicyclic) bond motifs is 1. The average molecular weight is 424 g/mol. The Morgan fingerprint density at radius 2 is 1.80 bits per heavy atom. The van der Waals surface area contributed by atoms with E-state index in [1.807, 2.05) is 49.3 Å². The number of anilines is 1. The molecule has 1 unspecified atom stereocenters. The molecule has 0 spiro atoms. The van der Waals surface area contributed by atoms with Crippen molar-refractivity contribution in [3.05, 3.63) is 88.5 Å². The van der Waals surface area contributed by atoms with Crippen molar-refractivity contribution in [2.24, 2.45) is 0 Å². The Hall–Kier alpha value is -3.18. The van der Waals surface area contributed by atoms with Crippen LogP contribution >= 0.6 is 11.6 Å². The third kappa shape index (κ3) is 2.97. The number of esters is 1. The third-order valence-corrected chi connectivity index (χ3v) is 5.76. The highest BCUT2D eigenvalue weighted by molar-refractivity contribution is 6.17. The molecule has 3 aromatic rings. The summed E-state index contributed by atoms with van der Waals surface area (Å²) in [5, 5.41) is 10.9. The second kappa shape index (κ2) is 7.58. The lowest BCUT2D eigenvalue weighted by atomic mass is 9.78. The number of phenolic OH excluding ortho intramolecular Hbond substituents is 1. The molecule has 0 radical (unpaired) electrons. The molecular formula is C24H22ClNO4. The second-order valence-electron chi connectivity index (χ2n) is 7.38. The number of nitrogens with zero attached hydrogens (tertiary/aromatic N) is 1. The van der Waals surface area contributed by atoms with Gasteiger partial charge in [0.05, 0.1) is 12.7 Å². The van der Waals surface area contributed by atoms with Crippen LogP contribution < -0.4 is 9.64 Å². The molecule has 6 heteroatoms. The van der Waals surface area contributed by atoms with E-state index in [0.717, 1.165) is 11.3 Å². The third-order valence-electron chi connectivity index (χ3n) is 5.45. The van der Waals surface area contributed by atoms with Crippen LogP contribution in [0.2, 0.25) is 0 Å². The van der Waals surface area contributed by atoms with Crippen LogP contribution in [0.15, 0.2) is 60.7 Å². The number of methoxy groups -OCH3 is 1. The number of hydrogen-bond donors (Lipinski definition) is 1. The van der Waals surface area contributed by atoms with Gasteiger partial charge in [0.2, 0.25) is 0 Å². The van der Waals surface area contributed by atoms with E-state index < -0.39 is 11.6 Å². The van der Waals surface area contributed by atoms with E-state index in [1.54, 1.807) is 37.4 Å². The zero-order valence-corrected chi connectivity index (χ0v) is 17.7. The number of carbonyl (C=O) groups is 1. The summed E-state index contributed by atoms with van der Waals surface area (Å²) in [6.45, 7) is 0. The molecular weight excluding hydrogens is 402 g/mol. The van der Waals surface area contributed by atoms with E-state index in [4.69, 9.17) is 21.1 Å². The molecule has 0 saturated heterocycles. The molecule has 0 aromatic heterocycles. The predicted molar refractivity (Wildman–Crippen MR) is 117 cm³/mol. The molecule has 1 N–H and O–H groups in total. The first-order valence-electron chi connectivity index (χ1n) is 9.49. The monoisotopic (exact) mass is 423 g/mol. The quantitative estimate of drug-likeness (QED) is 0.477. The summed E-state index contributed by atoms with van der Waals surface area (Å²) in [6.07, 6.45) is 0. The van der Waals surface area contributed by atoms with Gasteiger partial charge < -0.3 is 19.5 Å². The van der Waals surface area contributed by atoms with Crippen LogP contribution in [0.4, 0.5) is 5.69 Å². The summed E-state index contributed by atoms with van der Waals surface area (Å²) in [4.78, 5) is 14.8. The molecule has 4 rings (SSSR count). The van der Waals surface area contributed by atoms with Gasteiger partial charge in [0, 0.05) is 48.4 Å². The maximum absolute atomic E-state index is 12.9. The van der Waals surface area contributed by atoms with Crippen molar-refractivity contribution in [3.8, 4) is 11.5 Å². The van der Waals surface area contributed by atoms with Crippen molar-refractivity contribution < 1.29 is 19.4 Å². The van der Waals surface area contributed by atoms with Crippen LogP contribution in [0.1, 0.15) is 32.6 Å². The van der Waals surface area contributed by atoms with Crippen molar-refractivity contribution in [3.63, 3.8) is 0 Å². The number of rotatable bonds is 5. The lowest BCUT2D eigenvalue weighted by Crippen LogP contribution is -2.30. The summed E-state index contributed by atoms with van der Waals surface area (Å²) in [5.41, 5.74) is 2.52. The number of halogens is 1. The molecule has 0 bridgehead atoms. The van der Waals surface area contributed by atoms with Crippen molar-refractivity contribution in [1.82, 2.24) is 0 Å². The molecule has 1 aliphatic rings. The minimum atomic E-state index is -1.37.